The van der Waals surface area contributed by atoms with Gasteiger partial charge in [0.2, 0.25) is 0 Å². The van der Waals surface area contributed by atoms with Crippen molar-refractivity contribution >= 4 is 22.4 Å². The fraction of sp³-hybridized carbons (Fsp3) is 0.154. The van der Waals surface area contributed by atoms with Crippen molar-refractivity contribution in [3.8, 4) is 11.3 Å². The van der Waals surface area contributed by atoms with Gasteiger partial charge in [-0.2, -0.15) is 0 Å². The number of benzene rings is 3. The third-order valence-electron chi connectivity index (χ3n) is 5.06. The second-order valence-electron chi connectivity index (χ2n) is 7.63. The lowest BCUT2D eigenvalue weighted by molar-refractivity contribution is 0.102. The molecule has 0 aliphatic carbocycles. The van der Waals surface area contributed by atoms with Crippen LogP contribution >= 0.6 is 11.3 Å². The summed E-state index contributed by atoms with van der Waals surface area (Å²) in [7, 11) is 0. The van der Waals surface area contributed by atoms with Crippen molar-refractivity contribution in [1.29, 1.82) is 0 Å². The summed E-state index contributed by atoms with van der Waals surface area (Å²) in [6.07, 6.45) is 0.855. The fourth-order valence-corrected chi connectivity index (χ4v) is 3.99. The lowest BCUT2D eigenvalue weighted by Gasteiger charge is -2.06. The van der Waals surface area contributed by atoms with Crippen LogP contribution in [0.15, 0.2) is 84.2 Å². The number of carbonyl (C=O) groups excluding carboxylic acids is 1. The minimum absolute atomic E-state index is 0.141. The molecule has 4 aromatic rings. The van der Waals surface area contributed by atoms with Crippen molar-refractivity contribution < 1.29 is 4.79 Å². The molecule has 0 aliphatic rings. The van der Waals surface area contributed by atoms with Crippen LogP contribution in [0.3, 0.4) is 0 Å². The molecular formula is C26H24N2OS. The number of hydrogen-bond donors (Lipinski definition) is 1. The van der Waals surface area contributed by atoms with Crippen LogP contribution in [-0.4, -0.2) is 10.9 Å². The molecule has 0 fully saturated rings. The van der Waals surface area contributed by atoms with Gasteiger partial charge in [-0.05, 0) is 41.2 Å². The van der Waals surface area contributed by atoms with Gasteiger partial charge in [0.25, 0.3) is 5.91 Å². The van der Waals surface area contributed by atoms with Gasteiger partial charge in [-0.3, -0.25) is 10.1 Å². The maximum absolute atomic E-state index is 12.6. The average molecular weight is 413 g/mol. The summed E-state index contributed by atoms with van der Waals surface area (Å²) >= 11 is 1.44. The molecule has 1 amide bonds. The largest absolute Gasteiger partial charge is 0.298 e. The number of rotatable bonds is 6. The first-order chi connectivity index (χ1) is 14.6. The van der Waals surface area contributed by atoms with E-state index >= 15 is 0 Å². The molecule has 0 radical (unpaired) electrons. The van der Waals surface area contributed by atoms with Crippen LogP contribution in [0.4, 0.5) is 5.13 Å². The molecule has 0 bridgehead atoms. The van der Waals surface area contributed by atoms with Gasteiger partial charge < -0.3 is 0 Å². The van der Waals surface area contributed by atoms with Crippen molar-refractivity contribution in [2.24, 2.45) is 0 Å². The van der Waals surface area contributed by atoms with E-state index in [4.69, 9.17) is 0 Å². The molecule has 1 heterocycles. The second kappa shape index (κ2) is 9.06. The summed E-state index contributed by atoms with van der Waals surface area (Å²) in [4.78, 5) is 17.2. The SMILES string of the molecule is CC(C)c1ccc(-c2csc(NC(=O)c3ccc(Cc4ccccc4)cc3)n2)cc1. The molecule has 0 saturated carbocycles. The number of hydrogen-bond acceptors (Lipinski definition) is 3. The maximum Gasteiger partial charge on any atom is 0.257 e. The second-order valence-corrected chi connectivity index (χ2v) is 8.49. The summed E-state index contributed by atoms with van der Waals surface area (Å²) in [5.74, 6) is 0.362. The standard InChI is InChI=1S/C26H24N2OS/c1-18(2)21-12-14-22(15-13-21)24-17-30-26(27-24)28-25(29)23-10-8-20(9-11-23)16-19-6-4-3-5-7-19/h3-15,17-18H,16H2,1-2H3,(H,27,28,29). The van der Waals surface area contributed by atoms with Gasteiger partial charge >= 0.3 is 0 Å². The summed E-state index contributed by atoms with van der Waals surface area (Å²) in [6.45, 7) is 4.36. The number of carbonyl (C=O) groups is 1. The quantitative estimate of drug-likeness (QED) is 0.379. The van der Waals surface area contributed by atoms with Crippen LogP contribution in [0.25, 0.3) is 11.3 Å². The Morgan fingerprint density at radius 2 is 1.57 bits per heavy atom. The minimum atomic E-state index is -0.141. The van der Waals surface area contributed by atoms with E-state index in [1.165, 1.54) is 28.0 Å². The summed E-state index contributed by atoms with van der Waals surface area (Å²) in [6, 6.07) is 26.5. The Kier molecular flexibility index (Phi) is 6.05. The lowest BCUT2D eigenvalue weighted by atomic mass is 10.0. The summed E-state index contributed by atoms with van der Waals surface area (Å²) in [5.41, 5.74) is 6.30. The van der Waals surface area contributed by atoms with Crippen LogP contribution in [0.2, 0.25) is 0 Å². The fourth-order valence-electron chi connectivity index (χ4n) is 3.28. The van der Waals surface area contributed by atoms with Gasteiger partial charge in [-0.1, -0.05) is 80.6 Å². The van der Waals surface area contributed by atoms with E-state index in [9.17, 15) is 4.79 Å². The van der Waals surface area contributed by atoms with Crippen LogP contribution in [0, 0.1) is 0 Å². The van der Waals surface area contributed by atoms with Gasteiger partial charge in [0.1, 0.15) is 0 Å². The number of thiazole rings is 1. The highest BCUT2D eigenvalue weighted by molar-refractivity contribution is 7.14. The Bertz CT molecular complexity index is 1110. The Hall–Kier alpha value is -3.24. The van der Waals surface area contributed by atoms with Gasteiger partial charge in [0, 0.05) is 16.5 Å². The molecule has 4 rings (SSSR count). The number of anilines is 1. The Morgan fingerprint density at radius 3 is 2.23 bits per heavy atom. The van der Waals surface area contributed by atoms with E-state index in [0.29, 0.717) is 16.6 Å². The molecule has 1 N–H and O–H groups in total. The molecule has 3 nitrogen and oxygen atoms in total. The first kappa shape index (κ1) is 20.0. The molecule has 0 saturated heterocycles. The topological polar surface area (TPSA) is 42.0 Å². The smallest absolute Gasteiger partial charge is 0.257 e. The van der Waals surface area contributed by atoms with Crippen molar-refractivity contribution in [2.75, 3.05) is 5.32 Å². The van der Waals surface area contributed by atoms with E-state index in [1.54, 1.807) is 0 Å². The zero-order valence-electron chi connectivity index (χ0n) is 17.1. The molecular weight excluding hydrogens is 388 g/mol. The molecule has 0 spiro atoms. The van der Waals surface area contributed by atoms with Crippen LogP contribution in [0.5, 0.6) is 0 Å². The van der Waals surface area contributed by atoms with Gasteiger partial charge in [0.15, 0.2) is 5.13 Å². The van der Waals surface area contributed by atoms with Crippen molar-refractivity contribution in [3.63, 3.8) is 0 Å². The average Bonchev–Trinajstić information content (AvgIpc) is 3.23. The molecule has 1 aromatic heterocycles. The van der Waals surface area contributed by atoms with Gasteiger partial charge in [0.05, 0.1) is 5.69 Å². The molecule has 30 heavy (non-hydrogen) atoms. The van der Waals surface area contributed by atoms with E-state index in [-0.39, 0.29) is 5.91 Å². The van der Waals surface area contributed by atoms with Gasteiger partial charge in [-0.15, -0.1) is 11.3 Å². The Morgan fingerprint density at radius 1 is 0.900 bits per heavy atom. The molecule has 3 aromatic carbocycles. The van der Waals surface area contributed by atoms with E-state index in [0.717, 1.165) is 17.7 Å². The number of amides is 1. The molecule has 0 unspecified atom stereocenters. The zero-order valence-corrected chi connectivity index (χ0v) is 17.9. The summed E-state index contributed by atoms with van der Waals surface area (Å²) in [5, 5.41) is 5.50. The monoisotopic (exact) mass is 412 g/mol. The third kappa shape index (κ3) is 4.84. The van der Waals surface area contributed by atoms with Gasteiger partial charge in [-0.25, -0.2) is 4.98 Å². The van der Waals surface area contributed by atoms with Crippen LogP contribution in [0.1, 0.15) is 46.8 Å². The zero-order chi connectivity index (χ0) is 20.9. The van der Waals surface area contributed by atoms with Crippen molar-refractivity contribution in [3.05, 3.63) is 106 Å². The predicted molar refractivity (Wildman–Crippen MR) is 125 cm³/mol. The van der Waals surface area contributed by atoms with Crippen LogP contribution in [-0.2, 0) is 6.42 Å². The Labute approximate surface area is 181 Å². The number of aromatic nitrogens is 1. The first-order valence-electron chi connectivity index (χ1n) is 10.1. The highest BCUT2D eigenvalue weighted by atomic mass is 32.1. The lowest BCUT2D eigenvalue weighted by Crippen LogP contribution is -2.11. The van der Waals surface area contributed by atoms with E-state index < -0.39 is 0 Å². The predicted octanol–water partition coefficient (Wildman–Crippen LogP) is 6.78. The third-order valence-corrected chi connectivity index (χ3v) is 5.82. The molecule has 150 valence electrons. The first-order valence-corrected chi connectivity index (χ1v) is 11.0. The van der Waals surface area contributed by atoms with Crippen molar-refractivity contribution in [2.45, 2.75) is 26.2 Å². The normalized spacial score (nSPS) is 10.9. The highest BCUT2D eigenvalue weighted by Gasteiger charge is 2.11. The minimum Gasteiger partial charge on any atom is -0.298 e. The number of nitrogens with one attached hydrogen (secondary N) is 1. The van der Waals surface area contributed by atoms with E-state index in [1.807, 2.05) is 47.8 Å². The maximum atomic E-state index is 12.6. The summed E-state index contributed by atoms with van der Waals surface area (Å²) < 4.78 is 0. The Balaban J connectivity index is 1.40. The molecule has 0 atom stereocenters. The van der Waals surface area contributed by atoms with Crippen molar-refractivity contribution in [1.82, 2.24) is 4.98 Å². The number of nitrogens with zero attached hydrogens (tertiary/aromatic N) is 1. The molecule has 4 heteroatoms. The molecule has 0 aliphatic heterocycles. The highest BCUT2D eigenvalue weighted by Crippen LogP contribution is 2.27. The van der Waals surface area contributed by atoms with E-state index in [2.05, 4.69) is 60.5 Å². The van der Waals surface area contributed by atoms with Crippen LogP contribution < -0.4 is 5.32 Å².